The molecule has 0 saturated heterocycles. The third-order valence-corrected chi connectivity index (χ3v) is 2.83. The molecular formula is Cr3KO7+5. The number of hydrogen-bond acceptors (Lipinski definition) is 7. The van der Waals surface area contributed by atoms with E-state index in [1.54, 1.807) is 0 Å². The second-order valence-corrected chi connectivity index (χ2v) is 4.52. The van der Waals surface area contributed by atoms with Crippen LogP contribution in [0.5, 0.6) is 0 Å². The Morgan fingerprint density at radius 2 is 1.09 bits per heavy atom. The zero-order valence-corrected chi connectivity index (χ0v) is 12.0. The maximum absolute atomic E-state index is 9.38. The molecule has 0 aliphatic heterocycles. The van der Waals surface area contributed by atoms with Crippen molar-refractivity contribution in [2.45, 2.75) is 0 Å². The molecule has 11 heteroatoms. The molecule has 0 amide bonds. The Bertz CT molecular complexity index is 239. The monoisotopic (exact) mass is 307 g/mol. The summed E-state index contributed by atoms with van der Waals surface area (Å²) in [6.07, 6.45) is 0. The van der Waals surface area contributed by atoms with Crippen molar-refractivity contribution in [1.29, 1.82) is 0 Å². The molecule has 0 aliphatic rings. The summed E-state index contributed by atoms with van der Waals surface area (Å²) in [6, 6.07) is 0. The molecule has 56 valence electrons. The van der Waals surface area contributed by atoms with E-state index in [0.29, 0.717) is 0 Å². The molecule has 0 fully saturated rings. The van der Waals surface area contributed by atoms with Crippen molar-refractivity contribution in [1.82, 2.24) is 0 Å². The average molecular weight is 307 g/mol. The van der Waals surface area contributed by atoms with Crippen molar-refractivity contribution in [3.8, 4) is 0 Å². The quantitative estimate of drug-likeness (QED) is 0.465. The van der Waals surface area contributed by atoms with Gasteiger partial charge >= 0.3 is 122 Å². The Morgan fingerprint density at radius 1 is 0.909 bits per heavy atom. The summed E-state index contributed by atoms with van der Waals surface area (Å²) in [7, 11) is 0. The molecule has 0 heterocycles. The SMILES string of the molecule is [Cr+6].[K+].[O]=[Cr](=[O])([O-])[O][Cr](=[O])(=[O])[O-]. The second-order valence-electron chi connectivity index (χ2n) is 0.885. The van der Waals surface area contributed by atoms with Crippen molar-refractivity contribution < 1.29 is 122 Å². The van der Waals surface area contributed by atoms with Gasteiger partial charge in [0, 0.05) is 0 Å². The van der Waals surface area contributed by atoms with Crippen LogP contribution in [0, 0.1) is 0 Å². The molecule has 0 saturated carbocycles. The summed E-state index contributed by atoms with van der Waals surface area (Å²) >= 11 is -12.1. The minimum absolute atomic E-state index is 0. The molecule has 0 atom stereocenters. The molecule has 0 aromatic rings. The third kappa shape index (κ3) is 19.0. The normalized spacial score (nSPS) is 11.1. The molecule has 0 radical (unpaired) electrons. The molecule has 0 unspecified atom stereocenters. The summed E-state index contributed by atoms with van der Waals surface area (Å²) < 4.78 is 58.9. The molecule has 0 N–H and O–H groups in total. The Hall–Kier alpha value is 2.31. The van der Waals surface area contributed by atoms with E-state index in [1.807, 2.05) is 0 Å². The Balaban J connectivity index is -0.000000320. The van der Waals surface area contributed by atoms with Crippen LogP contribution < -0.4 is 59.7 Å². The van der Waals surface area contributed by atoms with E-state index in [0.717, 1.165) is 0 Å². The first kappa shape index (κ1) is 19.0. The predicted octanol–water partition coefficient (Wildman–Crippen LogP) is -5.93. The van der Waals surface area contributed by atoms with Crippen LogP contribution >= 0.6 is 0 Å². The number of hydrogen-bond donors (Lipinski definition) is 0. The summed E-state index contributed by atoms with van der Waals surface area (Å²) in [5.41, 5.74) is 0. The Labute approximate surface area is 120 Å². The summed E-state index contributed by atoms with van der Waals surface area (Å²) in [5.74, 6) is 0. The summed E-state index contributed by atoms with van der Waals surface area (Å²) in [4.78, 5) is 0. The fraction of sp³-hybridized carbons (Fsp3) is 0. The fourth-order valence-electron chi connectivity index (χ4n) is 0.102. The first-order valence-corrected chi connectivity index (χ1v) is 5.50. The molecule has 7 nitrogen and oxygen atoms in total. The third-order valence-electron chi connectivity index (χ3n) is 0.167. The predicted molar refractivity (Wildman–Crippen MR) is 3.83 cm³/mol. The van der Waals surface area contributed by atoms with E-state index in [2.05, 4.69) is 2.84 Å². The van der Waals surface area contributed by atoms with Gasteiger partial charge in [0.05, 0.1) is 0 Å². The first-order chi connectivity index (χ1) is 3.71. The van der Waals surface area contributed by atoms with Crippen LogP contribution in [0.4, 0.5) is 0 Å². The zero-order chi connectivity index (χ0) is 7.71. The van der Waals surface area contributed by atoms with E-state index < -0.39 is 27.2 Å². The van der Waals surface area contributed by atoms with Gasteiger partial charge in [-0.05, 0) is 0 Å². The molecule has 0 bridgehead atoms. The molecule has 0 rings (SSSR count). The van der Waals surface area contributed by atoms with Crippen molar-refractivity contribution in [3.63, 3.8) is 0 Å². The number of rotatable bonds is 2. The van der Waals surface area contributed by atoms with Crippen molar-refractivity contribution in [3.05, 3.63) is 0 Å². The van der Waals surface area contributed by atoms with Gasteiger partial charge in [0.2, 0.25) is 0 Å². The van der Waals surface area contributed by atoms with Gasteiger partial charge in [0.15, 0.2) is 0 Å². The van der Waals surface area contributed by atoms with Crippen LogP contribution in [0.15, 0.2) is 0 Å². The van der Waals surface area contributed by atoms with Gasteiger partial charge in [0.25, 0.3) is 0 Å². The first-order valence-electron chi connectivity index (χ1n) is 1.33. The van der Waals surface area contributed by atoms with Gasteiger partial charge in [-0.3, -0.25) is 0 Å². The van der Waals surface area contributed by atoms with Crippen molar-refractivity contribution >= 4 is 0 Å². The van der Waals surface area contributed by atoms with E-state index in [4.69, 9.17) is 0 Å². The Kier molecular flexibility index (Phi) is 11.6. The zero-order valence-electron chi connectivity index (χ0n) is 5.08. The fourth-order valence-corrected chi connectivity index (χ4v) is 1.74. The van der Waals surface area contributed by atoms with Crippen LogP contribution in [0.25, 0.3) is 0 Å². The van der Waals surface area contributed by atoms with Gasteiger partial charge in [-0.1, -0.05) is 0 Å². The molecule has 11 heavy (non-hydrogen) atoms. The average Bonchev–Trinajstić information content (AvgIpc) is 1.14. The van der Waals surface area contributed by atoms with Crippen LogP contribution in [-0.4, -0.2) is 0 Å². The van der Waals surface area contributed by atoms with Crippen molar-refractivity contribution in [2.24, 2.45) is 0 Å². The minimum atomic E-state index is -6.07. The second kappa shape index (κ2) is 6.72. The van der Waals surface area contributed by atoms with Gasteiger partial charge < -0.3 is 0 Å². The van der Waals surface area contributed by atoms with Crippen LogP contribution in [0.3, 0.4) is 0 Å². The van der Waals surface area contributed by atoms with Crippen LogP contribution in [0.1, 0.15) is 0 Å². The van der Waals surface area contributed by atoms with Gasteiger partial charge in [-0.2, -0.15) is 0 Å². The van der Waals surface area contributed by atoms with E-state index >= 15 is 0 Å². The molecule has 0 aliphatic carbocycles. The van der Waals surface area contributed by atoms with E-state index in [-0.39, 0.29) is 68.7 Å². The van der Waals surface area contributed by atoms with E-state index in [9.17, 15) is 23.5 Å². The van der Waals surface area contributed by atoms with E-state index in [1.165, 1.54) is 0 Å². The van der Waals surface area contributed by atoms with Gasteiger partial charge in [0.1, 0.15) is 0 Å². The van der Waals surface area contributed by atoms with Crippen LogP contribution in [0.2, 0.25) is 0 Å². The summed E-state index contributed by atoms with van der Waals surface area (Å²) in [5, 5.41) is 0. The summed E-state index contributed by atoms with van der Waals surface area (Å²) in [6.45, 7) is 0. The molecule has 0 aromatic heterocycles. The van der Waals surface area contributed by atoms with Crippen molar-refractivity contribution in [2.75, 3.05) is 0 Å². The molecule has 0 aromatic carbocycles. The maximum atomic E-state index is 9.38. The van der Waals surface area contributed by atoms with Gasteiger partial charge in [-0.25, -0.2) is 0 Å². The Morgan fingerprint density at radius 3 is 1.09 bits per heavy atom. The molecule has 0 spiro atoms. The van der Waals surface area contributed by atoms with Gasteiger partial charge in [-0.15, -0.1) is 0 Å². The molecular weight excluding hydrogens is 307 g/mol. The van der Waals surface area contributed by atoms with Crippen LogP contribution in [-0.2, 0) is 62.6 Å². The topological polar surface area (TPSA) is 124 Å². The standard InChI is InChI=1S/3Cr.K.7O/q;;+6;+1;;;;;;2*-1.